The van der Waals surface area contributed by atoms with Gasteiger partial charge in [-0.25, -0.2) is 4.57 Å². The second-order valence-corrected chi connectivity index (χ2v) is 22.4. The number of allylic oxidation sites excluding steroid dienone is 20. The summed E-state index contributed by atoms with van der Waals surface area (Å²) in [7, 11) is 1.43. The predicted molar refractivity (Wildman–Crippen MR) is 325 cm³/mol. The molecule has 10 heteroatoms. The lowest BCUT2D eigenvalue weighted by Crippen LogP contribution is -2.37. The molecule has 0 saturated carbocycles. The van der Waals surface area contributed by atoms with Gasteiger partial charge < -0.3 is 18.9 Å². The van der Waals surface area contributed by atoms with E-state index in [1.165, 1.54) is 109 Å². The van der Waals surface area contributed by atoms with Crippen LogP contribution in [0.3, 0.4) is 0 Å². The van der Waals surface area contributed by atoms with Crippen LogP contribution in [-0.4, -0.2) is 74.9 Å². The van der Waals surface area contributed by atoms with Gasteiger partial charge in [0.1, 0.15) is 19.8 Å². The molecule has 0 rings (SSSR count). The van der Waals surface area contributed by atoms with Gasteiger partial charge in [0, 0.05) is 12.8 Å². The minimum absolute atomic E-state index is 0.0175. The number of quaternary nitrogens is 1. The largest absolute Gasteiger partial charge is 0.472 e. The number of rotatable bonds is 54. The number of phosphoric acid groups is 1. The summed E-state index contributed by atoms with van der Waals surface area (Å²) >= 11 is 0. The lowest BCUT2D eigenvalue weighted by atomic mass is 10.0. The predicted octanol–water partition coefficient (Wildman–Crippen LogP) is 19.1. The van der Waals surface area contributed by atoms with Gasteiger partial charge in [0.05, 0.1) is 27.7 Å². The zero-order chi connectivity index (χ0) is 55.6. The first-order valence-corrected chi connectivity index (χ1v) is 31.8. The number of unbranched alkanes of at least 4 members (excludes halogenated alkanes) is 20. The quantitative estimate of drug-likeness (QED) is 0.0211. The van der Waals surface area contributed by atoms with Crippen LogP contribution in [0, 0.1) is 0 Å². The lowest BCUT2D eigenvalue weighted by molar-refractivity contribution is -0.870. The standard InChI is InChI=1S/C66H112NO8P/c1-6-8-10-12-14-16-18-20-21-22-23-24-25-26-27-28-29-30-31-32-33-34-35-36-37-38-39-40-41-42-43-44-45-47-49-51-53-55-57-59-66(69)75-64(63-74-76(70,71)73-61-60-67(3,4)5)62-72-65(68)58-56-54-52-50-48-46-19-17-15-13-11-9-7-2/h8-11,14-17,20-21,23-24,26-27,29-30,46,48,52,54,64H,6-7,12-13,18-19,22,25,28,31-45,47,49-51,53,55-63H2,1-5H3/p+1/b10-8-,11-9-,16-14-,17-15-,21-20-,24-23-,27-26-,30-29-,48-46-,54-52-. The zero-order valence-corrected chi connectivity index (χ0v) is 50.1. The molecule has 0 heterocycles. The van der Waals surface area contributed by atoms with E-state index in [-0.39, 0.29) is 26.1 Å². The van der Waals surface area contributed by atoms with Gasteiger partial charge >= 0.3 is 19.8 Å². The Labute approximate surface area is 467 Å². The van der Waals surface area contributed by atoms with Crippen LogP contribution in [0.2, 0.25) is 0 Å². The molecule has 0 aromatic carbocycles. The Kier molecular flexibility index (Phi) is 53.5. The highest BCUT2D eigenvalue weighted by molar-refractivity contribution is 7.47. The third-order valence-corrected chi connectivity index (χ3v) is 13.5. The van der Waals surface area contributed by atoms with Crippen molar-refractivity contribution in [1.29, 1.82) is 0 Å². The highest BCUT2D eigenvalue weighted by Crippen LogP contribution is 2.43. The van der Waals surface area contributed by atoms with E-state index in [9.17, 15) is 19.0 Å². The number of hydrogen-bond donors (Lipinski definition) is 1. The second-order valence-electron chi connectivity index (χ2n) is 21.0. The van der Waals surface area contributed by atoms with Crippen molar-refractivity contribution in [3.63, 3.8) is 0 Å². The second kappa shape index (κ2) is 56.1. The van der Waals surface area contributed by atoms with Crippen molar-refractivity contribution in [2.45, 2.75) is 238 Å². The Morgan fingerprint density at radius 1 is 0.408 bits per heavy atom. The van der Waals surface area contributed by atoms with Gasteiger partial charge in [0.25, 0.3) is 0 Å². The van der Waals surface area contributed by atoms with Crippen LogP contribution in [-0.2, 0) is 32.7 Å². The van der Waals surface area contributed by atoms with E-state index in [4.69, 9.17) is 18.5 Å². The summed E-state index contributed by atoms with van der Waals surface area (Å²) in [5, 5.41) is 0. The third kappa shape index (κ3) is 59.7. The fraction of sp³-hybridized carbons (Fsp3) is 0.667. The molecule has 2 unspecified atom stereocenters. The summed E-state index contributed by atoms with van der Waals surface area (Å²) in [6, 6.07) is 0. The summed E-state index contributed by atoms with van der Waals surface area (Å²) in [6.45, 7) is 4.11. The third-order valence-electron chi connectivity index (χ3n) is 12.5. The Hall–Kier alpha value is -3.59. The summed E-state index contributed by atoms with van der Waals surface area (Å²) in [4.78, 5) is 35.5. The first-order chi connectivity index (χ1) is 37.0. The van der Waals surface area contributed by atoms with Gasteiger partial charge in [-0.05, 0) is 89.9 Å². The minimum atomic E-state index is -4.40. The molecule has 0 saturated heterocycles. The maximum Gasteiger partial charge on any atom is 0.472 e. The van der Waals surface area contributed by atoms with E-state index in [1.807, 2.05) is 33.3 Å². The van der Waals surface area contributed by atoms with E-state index < -0.39 is 32.5 Å². The Bertz CT molecular complexity index is 1700. The number of ether oxygens (including phenoxy) is 2. The molecule has 0 aliphatic rings. The van der Waals surface area contributed by atoms with Crippen molar-refractivity contribution in [2.24, 2.45) is 0 Å². The first-order valence-electron chi connectivity index (χ1n) is 30.3. The molecule has 0 aromatic rings. The molecule has 0 amide bonds. The summed E-state index contributed by atoms with van der Waals surface area (Å²) in [5.41, 5.74) is 0. The minimum Gasteiger partial charge on any atom is -0.462 e. The molecule has 76 heavy (non-hydrogen) atoms. The SMILES string of the molecule is CC/C=C\C/C=C\C/C=C\C/C=C\C/C=C\C/C=C\CCCCCCCCCCCCCCCCCCCCCCC(=O)OC(COC(=O)CC/C=C\C/C=C\C/C=C\C/C=C\CC)COP(=O)(O)OCC[N+](C)(C)C. The van der Waals surface area contributed by atoms with Crippen LogP contribution in [0.4, 0.5) is 0 Å². The van der Waals surface area contributed by atoms with Crippen molar-refractivity contribution in [3.05, 3.63) is 122 Å². The van der Waals surface area contributed by atoms with Crippen molar-refractivity contribution in [2.75, 3.05) is 47.5 Å². The van der Waals surface area contributed by atoms with Crippen LogP contribution >= 0.6 is 7.82 Å². The van der Waals surface area contributed by atoms with Gasteiger partial charge in [-0.15, -0.1) is 0 Å². The maximum absolute atomic E-state index is 12.8. The summed E-state index contributed by atoms with van der Waals surface area (Å²) in [6.07, 6.45) is 80.4. The molecule has 0 fully saturated rings. The average Bonchev–Trinajstić information content (AvgIpc) is 3.38. The smallest absolute Gasteiger partial charge is 0.462 e. The topological polar surface area (TPSA) is 108 Å². The molecule has 9 nitrogen and oxygen atoms in total. The molecule has 0 aliphatic carbocycles. The molecular formula is C66H113NO8P+. The lowest BCUT2D eigenvalue weighted by Gasteiger charge is -2.24. The van der Waals surface area contributed by atoms with E-state index >= 15 is 0 Å². The Balaban J connectivity index is 3.98. The molecule has 0 radical (unpaired) electrons. The number of likely N-dealkylation sites (N-methyl/N-ethyl adjacent to an activating group) is 1. The highest BCUT2D eigenvalue weighted by Gasteiger charge is 2.27. The molecule has 0 aromatic heterocycles. The van der Waals surface area contributed by atoms with Gasteiger partial charge in [-0.2, -0.15) is 0 Å². The van der Waals surface area contributed by atoms with Crippen molar-refractivity contribution in [3.8, 4) is 0 Å². The first kappa shape index (κ1) is 72.4. The highest BCUT2D eigenvalue weighted by atomic mass is 31.2. The number of carbonyl (C=O) groups is 2. The average molecular weight is 1080 g/mol. The van der Waals surface area contributed by atoms with E-state index in [2.05, 4.69) is 123 Å². The van der Waals surface area contributed by atoms with Crippen LogP contribution in [0.5, 0.6) is 0 Å². The summed E-state index contributed by atoms with van der Waals surface area (Å²) in [5.74, 6) is -0.894. The number of nitrogens with zero attached hydrogens (tertiary/aromatic N) is 1. The van der Waals surface area contributed by atoms with Crippen LogP contribution in [0.15, 0.2) is 122 Å². The molecule has 0 spiro atoms. The van der Waals surface area contributed by atoms with Gasteiger partial charge in [-0.1, -0.05) is 251 Å². The summed E-state index contributed by atoms with van der Waals surface area (Å²) < 4.78 is 34.4. The maximum atomic E-state index is 12.8. The molecular weight excluding hydrogens is 966 g/mol. The molecule has 434 valence electrons. The Morgan fingerprint density at radius 3 is 1.11 bits per heavy atom. The molecule has 1 N–H and O–H groups in total. The number of phosphoric ester groups is 1. The normalized spacial score (nSPS) is 14.1. The fourth-order valence-electron chi connectivity index (χ4n) is 7.92. The monoisotopic (exact) mass is 1080 g/mol. The van der Waals surface area contributed by atoms with Crippen molar-refractivity contribution in [1.82, 2.24) is 0 Å². The zero-order valence-electron chi connectivity index (χ0n) is 49.2. The van der Waals surface area contributed by atoms with Gasteiger partial charge in [-0.3, -0.25) is 18.6 Å². The van der Waals surface area contributed by atoms with E-state index in [1.54, 1.807) is 0 Å². The number of carbonyl (C=O) groups excluding carboxylic acids is 2. The Morgan fingerprint density at radius 2 is 0.737 bits per heavy atom. The van der Waals surface area contributed by atoms with Crippen LogP contribution in [0.25, 0.3) is 0 Å². The molecule has 0 aliphatic heterocycles. The fourth-order valence-corrected chi connectivity index (χ4v) is 8.66. The van der Waals surface area contributed by atoms with E-state index in [0.29, 0.717) is 23.9 Å². The van der Waals surface area contributed by atoms with Crippen molar-refractivity contribution >= 4 is 19.8 Å². The van der Waals surface area contributed by atoms with Gasteiger partial charge in [0.2, 0.25) is 0 Å². The van der Waals surface area contributed by atoms with Crippen LogP contribution in [0.1, 0.15) is 232 Å². The van der Waals surface area contributed by atoms with Crippen LogP contribution < -0.4 is 0 Å². The van der Waals surface area contributed by atoms with E-state index in [0.717, 1.165) is 83.5 Å². The number of hydrogen-bond acceptors (Lipinski definition) is 7. The van der Waals surface area contributed by atoms with Gasteiger partial charge in [0.15, 0.2) is 6.10 Å². The molecule has 0 bridgehead atoms. The molecule has 2 atom stereocenters. The van der Waals surface area contributed by atoms with Crippen molar-refractivity contribution < 1.29 is 42.1 Å². The number of esters is 2.